The second-order valence-corrected chi connectivity index (χ2v) is 11.6. The smallest absolute Gasteiger partial charge is 0.444 e. The molecule has 0 radical (unpaired) electrons. The van der Waals surface area contributed by atoms with Crippen LogP contribution in [0.5, 0.6) is 0 Å². The molecular formula is C27H37BN2O5. The fraction of sp³-hybridized carbons (Fsp3) is 0.556. The molecule has 7 nitrogen and oxygen atoms in total. The number of benzene rings is 2. The third-order valence-corrected chi connectivity index (χ3v) is 7.12. The van der Waals surface area contributed by atoms with E-state index in [2.05, 4.69) is 5.32 Å². The Hall–Kier alpha value is -2.58. The van der Waals surface area contributed by atoms with Crippen molar-refractivity contribution in [2.75, 3.05) is 13.1 Å². The van der Waals surface area contributed by atoms with E-state index in [1.807, 2.05) is 89.8 Å². The summed E-state index contributed by atoms with van der Waals surface area (Å²) in [6.45, 7) is 14.7. The first kappa shape index (κ1) is 25.5. The molecule has 0 spiro atoms. The first-order valence-electron chi connectivity index (χ1n) is 12.4. The van der Waals surface area contributed by atoms with Gasteiger partial charge in [-0.15, -0.1) is 0 Å². The molecule has 2 aliphatic heterocycles. The third-order valence-electron chi connectivity index (χ3n) is 7.12. The zero-order chi connectivity index (χ0) is 25.6. The molecule has 2 aliphatic rings. The van der Waals surface area contributed by atoms with Crippen LogP contribution in [0.1, 0.15) is 71.7 Å². The number of likely N-dealkylation sites (tertiary alicyclic amines) is 1. The molecule has 1 atom stereocenters. The van der Waals surface area contributed by atoms with E-state index in [-0.39, 0.29) is 11.9 Å². The average Bonchev–Trinajstić information content (AvgIpc) is 2.98. The van der Waals surface area contributed by atoms with Gasteiger partial charge in [-0.05, 0) is 83.6 Å². The molecule has 2 aromatic rings. The van der Waals surface area contributed by atoms with E-state index in [4.69, 9.17) is 14.0 Å². The Balaban J connectivity index is 1.56. The summed E-state index contributed by atoms with van der Waals surface area (Å²) in [4.78, 5) is 27.7. The Morgan fingerprint density at radius 2 is 1.66 bits per heavy atom. The maximum absolute atomic E-state index is 13.6. The lowest BCUT2D eigenvalue weighted by Crippen LogP contribution is -2.50. The highest BCUT2D eigenvalue weighted by Crippen LogP contribution is 2.37. The molecule has 2 aromatic carbocycles. The zero-order valence-corrected chi connectivity index (χ0v) is 21.9. The molecule has 2 saturated heterocycles. The van der Waals surface area contributed by atoms with Crippen LogP contribution in [0.3, 0.4) is 0 Å². The number of hydrogen-bond donors (Lipinski definition) is 1. The van der Waals surface area contributed by atoms with Crippen molar-refractivity contribution in [3.8, 4) is 0 Å². The predicted molar refractivity (Wildman–Crippen MR) is 138 cm³/mol. The van der Waals surface area contributed by atoms with Gasteiger partial charge in [-0.25, -0.2) is 4.79 Å². The summed E-state index contributed by atoms with van der Waals surface area (Å²) in [6.07, 6.45) is 1.18. The Kier molecular flexibility index (Phi) is 6.66. The van der Waals surface area contributed by atoms with Crippen LogP contribution in [0.4, 0.5) is 4.79 Å². The van der Waals surface area contributed by atoms with Crippen molar-refractivity contribution >= 4 is 35.4 Å². The number of alkyl carbamates (subject to hydrolysis) is 1. The molecule has 1 unspecified atom stereocenters. The van der Waals surface area contributed by atoms with Gasteiger partial charge in [-0.2, -0.15) is 0 Å². The van der Waals surface area contributed by atoms with E-state index < -0.39 is 30.0 Å². The van der Waals surface area contributed by atoms with E-state index in [1.54, 1.807) is 0 Å². The molecule has 8 heteroatoms. The molecule has 4 rings (SSSR count). The number of fused-ring (bicyclic) bond motifs is 1. The number of rotatable bonds is 3. The standard InChI is InChI=1S/C27H37BN2O5/c1-25(2,3)33-24(32)29-18-11-10-16-30(17-18)23(31)21-14-8-13-20-19(21)12-9-15-22(20)28-34-26(4,5)27(6,7)35-28/h8-9,12-15,18H,10-11,16-17H2,1-7H3,(H,29,32). The number of carbonyl (C=O) groups excluding carboxylic acids is 2. The first-order chi connectivity index (χ1) is 16.3. The Morgan fingerprint density at radius 3 is 2.31 bits per heavy atom. The second-order valence-electron chi connectivity index (χ2n) is 11.6. The van der Waals surface area contributed by atoms with E-state index in [0.717, 1.165) is 29.1 Å². The molecule has 0 aliphatic carbocycles. The van der Waals surface area contributed by atoms with Crippen LogP contribution in [-0.4, -0.2) is 60.0 Å². The van der Waals surface area contributed by atoms with E-state index in [0.29, 0.717) is 18.7 Å². The lowest BCUT2D eigenvalue weighted by molar-refractivity contribution is 0.00578. The molecule has 2 fully saturated rings. The highest BCUT2D eigenvalue weighted by Gasteiger charge is 2.52. The molecule has 2 amide bonds. The number of piperidine rings is 1. The van der Waals surface area contributed by atoms with Crippen LogP contribution < -0.4 is 10.8 Å². The number of nitrogens with zero attached hydrogens (tertiary/aromatic N) is 1. The van der Waals surface area contributed by atoms with Crippen molar-refractivity contribution in [1.29, 1.82) is 0 Å². The number of carbonyl (C=O) groups is 2. The number of ether oxygens (including phenoxy) is 1. The summed E-state index contributed by atoms with van der Waals surface area (Å²) in [7, 11) is -0.508. The van der Waals surface area contributed by atoms with Crippen LogP contribution in [0, 0.1) is 0 Å². The molecule has 188 valence electrons. The molecule has 1 N–H and O–H groups in total. The van der Waals surface area contributed by atoms with Crippen LogP contribution in [0.15, 0.2) is 36.4 Å². The molecule has 0 bridgehead atoms. The Morgan fingerprint density at radius 1 is 1.03 bits per heavy atom. The van der Waals surface area contributed by atoms with Gasteiger partial charge in [0.25, 0.3) is 5.91 Å². The minimum absolute atomic E-state index is 0.0441. The van der Waals surface area contributed by atoms with Crippen molar-refractivity contribution in [3.05, 3.63) is 42.0 Å². The number of nitrogens with one attached hydrogen (secondary N) is 1. The lowest BCUT2D eigenvalue weighted by Gasteiger charge is -2.34. The van der Waals surface area contributed by atoms with E-state index in [9.17, 15) is 9.59 Å². The van der Waals surface area contributed by atoms with Gasteiger partial charge in [-0.1, -0.05) is 30.3 Å². The average molecular weight is 480 g/mol. The van der Waals surface area contributed by atoms with E-state index >= 15 is 0 Å². The van der Waals surface area contributed by atoms with Crippen LogP contribution >= 0.6 is 0 Å². The van der Waals surface area contributed by atoms with Gasteiger partial charge in [0.1, 0.15) is 5.60 Å². The van der Waals surface area contributed by atoms with Gasteiger partial charge in [-0.3, -0.25) is 4.79 Å². The van der Waals surface area contributed by atoms with Gasteiger partial charge < -0.3 is 24.3 Å². The summed E-state index contributed by atoms with van der Waals surface area (Å²) in [5.74, 6) is -0.0441. The van der Waals surface area contributed by atoms with Gasteiger partial charge in [0, 0.05) is 24.7 Å². The monoisotopic (exact) mass is 480 g/mol. The summed E-state index contributed by atoms with van der Waals surface area (Å²) in [6, 6.07) is 11.6. The van der Waals surface area contributed by atoms with Crippen LogP contribution in [0.25, 0.3) is 10.8 Å². The highest BCUT2D eigenvalue weighted by atomic mass is 16.7. The second kappa shape index (κ2) is 9.14. The normalized spacial score (nSPS) is 21.7. The predicted octanol–water partition coefficient (Wildman–Crippen LogP) is 4.27. The molecule has 0 aromatic heterocycles. The van der Waals surface area contributed by atoms with Crippen LogP contribution in [-0.2, 0) is 14.0 Å². The van der Waals surface area contributed by atoms with Crippen molar-refractivity contribution in [2.24, 2.45) is 0 Å². The zero-order valence-electron chi connectivity index (χ0n) is 21.9. The number of hydrogen-bond acceptors (Lipinski definition) is 5. The first-order valence-corrected chi connectivity index (χ1v) is 12.4. The summed E-state index contributed by atoms with van der Waals surface area (Å²) in [5.41, 5.74) is 0.0956. The minimum Gasteiger partial charge on any atom is -0.444 e. The van der Waals surface area contributed by atoms with Crippen molar-refractivity contribution in [3.63, 3.8) is 0 Å². The molecule has 35 heavy (non-hydrogen) atoms. The molecule has 2 heterocycles. The van der Waals surface area contributed by atoms with Crippen LogP contribution in [0.2, 0.25) is 0 Å². The quantitative estimate of drug-likeness (QED) is 0.665. The Labute approximate surface area is 208 Å². The topological polar surface area (TPSA) is 77.1 Å². The van der Waals surface area contributed by atoms with Gasteiger partial charge in [0.2, 0.25) is 0 Å². The largest absolute Gasteiger partial charge is 0.495 e. The highest BCUT2D eigenvalue weighted by molar-refractivity contribution is 6.65. The fourth-order valence-corrected chi connectivity index (χ4v) is 4.62. The van der Waals surface area contributed by atoms with Gasteiger partial charge in [0.15, 0.2) is 0 Å². The molecule has 0 saturated carbocycles. The van der Waals surface area contributed by atoms with Crippen molar-refractivity contribution in [1.82, 2.24) is 10.2 Å². The summed E-state index contributed by atoms with van der Waals surface area (Å²) in [5, 5.41) is 4.73. The fourth-order valence-electron chi connectivity index (χ4n) is 4.62. The van der Waals surface area contributed by atoms with Crippen molar-refractivity contribution < 1.29 is 23.6 Å². The summed E-state index contributed by atoms with van der Waals surface area (Å²) >= 11 is 0. The van der Waals surface area contributed by atoms with Gasteiger partial charge in [0.05, 0.1) is 11.2 Å². The maximum atomic E-state index is 13.6. The lowest BCUT2D eigenvalue weighted by atomic mass is 9.75. The SMILES string of the molecule is CC(C)(C)OC(=O)NC1CCCN(C(=O)c2cccc3c(B4OC(C)(C)C(C)(C)O4)cccc23)C1. The van der Waals surface area contributed by atoms with Gasteiger partial charge >= 0.3 is 13.2 Å². The van der Waals surface area contributed by atoms with Crippen molar-refractivity contribution in [2.45, 2.75) is 84.2 Å². The summed E-state index contributed by atoms with van der Waals surface area (Å²) < 4.78 is 18.0. The number of amides is 2. The third kappa shape index (κ3) is 5.33. The maximum Gasteiger partial charge on any atom is 0.495 e. The minimum atomic E-state index is -0.563. The van der Waals surface area contributed by atoms with E-state index in [1.165, 1.54) is 0 Å². The molecular weight excluding hydrogens is 443 g/mol. The Bertz CT molecular complexity index is 1110.